The van der Waals surface area contributed by atoms with Crippen LogP contribution in [-0.4, -0.2) is 32.2 Å². The van der Waals surface area contributed by atoms with Gasteiger partial charge in [0.15, 0.2) is 0 Å². The molecule has 1 N–H and O–H groups in total. The number of ether oxygens (including phenoxy) is 1. The van der Waals surface area contributed by atoms with Crippen LogP contribution in [0.15, 0.2) is 24.3 Å². The van der Waals surface area contributed by atoms with Gasteiger partial charge in [-0.25, -0.2) is 8.42 Å². The molecule has 4 nitrogen and oxygen atoms in total. The van der Waals surface area contributed by atoms with Crippen LogP contribution in [0.4, 0.5) is 5.69 Å². The normalized spacial score (nSPS) is 17.1. The molecule has 0 bridgehead atoms. The van der Waals surface area contributed by atoms with Gasteiger partial charge in [0.05, 0.1) is 5.25 Å². The van der Waals surface area contributed by atoms with Gasteiger partial charge in [-0.15, -0.1) is 0 Å². The molecule has 0 aliphatic carbocycles. The molecular weight excluding hydrogens is 342 g/mol. The molecule has 112 valence electrons. The van der Waals surface area contributed by atoms with E-state index in [1.54, 1.807) is 6.07 Å². The Balaban J connectivity index is 2.04. The summed E-state index contributed by atoms with van der Waals surface area (Å²) < 4.78 is 32.5. The van der Waals surface area contributed by atoms with Crippen molar-refractivity contribution >= 4 is 31.6 Å². The van der Waals surface area contributed by atoms with Gasteiger partial charge >= 0.3 is 0 Å². The number of hydrogen-bond donors (Lipinski definition) is 1. The minimum absolute atomic E-state index is 0.345. The van der Waals surface area contributed by atoms with Crippen molar-refractivity contribution < 1.29 is 13.2 Å². The first-order valence-electron chi connectivity index (χ1n) is 6.86. The van der Waals surface area contributed by atoms with Crippen molar-refractivity contribution in [2.24, 2.45) is 0 Å². The summed E-state index contributed by atoms with van der Waals surface area (Å²) >= 11 is 3.40. The number of halogens is 1. The third-order valence-corrected chi connectivity index (χ3v) is 5.82. The summed E-state index contributed by atoms with van der Waals surface area (Å²) in [6.45, 7) is 1.05. The van der Waals surface area contributed by atoms with E-state index in [0.717, 1.165) is 23.7 Å². The second-order valence-electron chi connectivity index (χ2n) is 4.95. The number of rotatable bonds is 6. The predicted molar refractivity (Wildman–Crippen MR) is 84.9 cm³/mol. The zero-order valence-corrected chi connectivity index (χ0v) is 13.7. The predicted octanol–water partition coefficient (Wildman–Crippen LogP) is 2.93. The molecule has 1 heterocycles. The van der Waals surface area contributed by atoms with Crippen LogP contribution in [0.3, 0.4) is 0 Å². The van der Waals surface area contributed by atoms with Crippen molar-refractivity contribution in [2.45, 2.75) is 30.9 Å². The molecule has 0 aromatic heterocycles. The van der Waals surface area contributed by atoms with Crippen molar-refractivity contribution in [3.63, 3.8) is 0 Å². The van der Waals surface area contributed by atoms with Gasteiger partial charge in [0.1, 0.15) is 0 Å². The number of alkyl halides is 1. The van der Waals surface area contributed by atoms with Crippen LogP contribution in [0, 0.1) is 0 Å². The van der Waals surface area contributed by atoms with E-state index in [2.05, 4.69) is 20.7 Å². The molecule has 1 fully saturated rings. The lowest BCUT2D eigenvalue weighted by molar-refractivity contribution is 0.0984. The van der Waals surface area contributed by atoms with Crippen molar-refractivity contribution in [2.75, 3.05) is 23.3 Å². The molecule has 0 radical (unpaired) electrons. The molecular formula is C14H20BrNO3S. The molecule has 0 saturated carbocycles. The average Bonchev–Trinajstić information content (AvgIpc) is 2.46. The number of aryl methyl sites for hydroxylation is 1. The molecule has 1 aliphatic rings. The largest absolute Gasteiger partial charge is 0.381 e. The highest BCUT2D eigenvalue weighted by molar-refractivity contribution is 9.09. The zero-order valence-electron chi connectivity index (χ0n) is 11.3. The number of sulfonamides is 1. The lowest BCUT2D eigenvalue weighted by atomic mass is 10.1. The number of benzene rings is 1. The third-order valence-electron chi connectivity index (χ3n) is 3.39. The highest BCUT2D eigenvalue weighted by atomic mass is 79.9. The molecule has 1 aromatic rings. The second kappa shape index (κ2) is 7.43. The Kier molecular flexibility index (Phi) is 5.86. The SMILES string of the molecule is O=S(=O)(Nc1cccc(CCCBr)c1)C1CCOCC1. The van der Waals surface area contributed by atoms with Crippen LogP contribution >= 0.6 is 15.9 Å². The average molecular weight is 362 g/mol. The number of anilines is 1. The fraction of sp³-hybridized carbons (Fsp3) is 0.571. The van der Waals surface area contributed by atoms with Gasteiger partial charge < -0.3 is 4.74 Å². The van der Waals surface area contributed by atoms with Gasteiger partial charge in [0.25, 0.3) is 0 Å². The minimum Gasteiger partial charge on any atom is -0.381 e. The first-order valence-corrected chi connectivity index (χ1v) is 9.53. The minimum atomic E-state index is -3.31. The smallest absolute Gasteiger partial charge is 0.235 e. The maximum Gasteiger partial charge on any atom is 0.235 e. The fourth-order valence-electron chi connectivity index (χ4n) is 2.30. The molecule has 0 spiro atoms. The first kappa shape index (κ1) is 15.8. The molecule has 0 atom stereocenters. The quantitative estimate of drug-likeness (QED) is 0.792. The van der Waals surface area contributed by atoms with E-state index in [9.17, 15) is 8.42 Å². The Bertz CT molecular complexity index is 527. The van der Waals surface area contributed by atoms with Gasteiger partial charge in [0.2, 0.25) is 10.0 Å². The molecule has 0 unspecified atom stereocenters. The lowest BCUT2D eigenvalue weighted by Crippen LogP contribution is -2.33. The van der Waals surface area contributed by atoms with Gasteiger partial charge in [-0.2, -0.15) is 0 Å². The van der Waals surface area contributed by atoms with Gasteiger partial charge in [-0.1, -0.05) is 28.1 Å². The molecule has 1 aromatic carbocycles. The Morgan fingerprint density at radius 1 is 1.30 bits per heavy atom. The summed E-state index contributed by atoms with van der Waals surface area (Å²) in [5.74, 6) is 0. The Morgan fingerprint density at radius 3 is 2.75 bits per heavy atom. The Hall–Kier alpha value is -0.590. The van der Waals surface area contributed by atoms with E-state index in [0.29, 0.717) is 31.7 Å². The van der Waals surface area contributed by atoms with Crippen molar-refractivity contribution in [1.29, 1.82) is 0 Å². The Morgan fingerprint density at radius 2 is 2.05 bits per heavy atom. The summed E-state index contributed by atoms with van der Waals surface area (Å²) in [6, 6.07) is 7.63. The number of hydrogen-bond acceptors (Lipinski definition) is 3. The van der Waals surface area contributed by atoms with Crippen LogP contribution in [0.2, 0.25) is 0 Å². The molecule has 6 heteroatoms. The molecule has 1 saturated heterocycles. The van der Waals surface area contributed by atoms with E-state index < -0.39 is 10.0 Å². The molecule has 2 rings (SSSR count). The maximum atomic E-state index is 12.3. The van der Waals surface area contributed by atoms with E-state index in [1.165, 1.54) is 0 Å². The molecule has 0 amide bonds. The topological polar surface area (TPSA) is 55.4 Å². The van der Waals surface area contributed by atoms with E-state index >= 15 is 0 Å². The summed E-state index contributed by atoms with van der Waals surface area (Å²) in [6.07, 6.45) is 3.12. The zero-order chi connectivity index (χ0) is 14.4. The van der Waals surface area contributed by atoms with Gasteiger partial charge in [-0.3, -0.25) is 4.72 Å². The monoisotopic (exact) mass is 361 g/mol. The van der Waals surface area contributed by atoms with Crippen LogP contribution in [0.25, 0.3) is 0 Å². The van der Waals surface area contributed by atoms with Crippen molar-refractivity contribution in [1.82, 2.24) is 0 Å². The van der Waals surface area contributed by atoms with E-state index in [1.807, 2.05) is 18.2 Å². The fourth-order valence-corrected chi connectivity index (χ4v) is 4.01. The standard InChI is InChI=1S/C14H20BrNO3S/c15-8-2-4-12-3-1-5-13(11-12)16-20(17,18)14-6-9-19-10-7-14/h1,3,5,11,14,16H,2,4,6-10H2. The van der Waals surface area contributed by atoms with Gasteiger partial charge in [-0.05, 0) is 43.4 Å². The highest BCUT2D eigenvalue weighted by Gasteiger charge is 2.27. The van der Waals surface area contributed by atoms with Crippen molar-refractivity contribution in [3.05, 3.63) is 29.8 Å². The summed E-state index contributed by atoms with van der Waals surface area (Å²) in [4.78, 5) is 0. The summed E-state index contributed by atoms with van der Waals surface area (Å²) in [5.41, 5.74) is 1.81. The van der Waals surface area contributed by atoms with Crippen LogP contribution in [-0.2, 0) is 21.2 Å². The maximum absolute atomic E-state index is 12.3. The van der Waals surface area contributed by atoms with Gasteiger partial charge in [0, 0.05) is 24.2 Å². The highest BCUT2D eigenvalue weighted by Crippen LogP contribution is 2.20. The van der Waals surface area contributed by atoms with E-state index in [-0.39, 0.29) is 5.25 Å². The number of nitrogens with one attached hydrogen (secondary N) is 1. The van der Waals surface area contributed by atoms with Crippen molar-refractivity contribution in [3.8, 4) is 0 Å². The van der Waals surface area contributed by atoms with E-state index in [4.69, 9.17) is 4.74 Å². The molecule has 1 aliphatic heterocycles. The van der Waals surface area contributed by atoms with Crippen LogP contribution < -0.4 is 4.72 Å². The lowest BCUT2D eigenvalue weighted by Gasteiger charge is -2.22. The third kappa shape index (κ3) is 4.46. The van der Waals surface area contributed by atoms with Crippen LogP contribution in [0.5, 0.6) is 0 Å². The first-order chi connectivity index (χ1) is 9.62. The Labute approximate surface area is 129 Å². The second-order valence-corrected chi connectivity index (χ2v) is 7.71. The molecule has 20 heavy (non-hydrogen) atoms. The summed E-state index contributed by atoms with van der Waals surface area (Å²) in [5, 5.41) is 0.604. The summed E-state index contributed by atoms with van der Waals surface area (Å²) in [7, 11) is -3.31. The van der Waals surface area contributed by atoms with Crippen LogP contribution in [0.1, 0.15) is 24.8 Å².